The summed E-state index contributed by atoms with van der Waals surface area (Å²) in [6.45, 7) is 0.752. The van der Waals surface area contributed by atoms with Crippen molar-refractivity contribution >= 4 is 11.8 Å². The average Bonchev–Trinajstić information content (AvgIpc) is 2.45. The van der Waals surface area contributed by atoms with Crippen LogP contribution < -0.4 is 16.4 Å². The van der Waals surface area contributed by atoms with Crippen LogP contribution in [0.2, 0.25) is 0 Å². The maximum Gasteiger partial charge on any atom is 0.241 e. The van der Waals surface area contributed by atoms with E-state index in [0.29, 0.717) is 18.7 Å². The van der Waals surface area contributed by atoms with Gasteiger partial charge in [0.15, 0.2) is 0 Å². The van der Waals surface area contributed by atoms with Gasteiger partial charge >= 0.3 is 0 Å². The SMILES string of the molecule is COCCNC(=O)CNC(=O)[C@H](N)c1ccccc1. The Morgan fingerprint density at radius 3 is 2.58 bits per heavy atom. The molecule has 1 atom stereocenters. The molecule has 0 aliphatic rings. The van der Waals surface area contributed by atoms with Gasteiger partial charge in [0.25, 0.3) is 0 Å². The van der Waals surface area contributed by atoms with Crippen LogP contribution in [-0.4, -0.2) is 38.6 Å². The fourth-order valence-corrected chi connectivity index (χ4v) is 1.44. The fourth-order valence-electron chi connectivity index (χ4n) is 1.44. The molecule has 19 heavy (non-hydrogen) atoms. The lowest BCUT2D eigenvalue weighted by atomic mass is 10.1. The fraction of sp³-hybridized carbons (Fsp3) is 0.385. The van der Waals surface area contributed by atoms with Crippen LogP contribution in [0.4, 0.5) is 0 Å². The van der Waals surface area contributed by atoms with E-state index < -0.39 is 6.04 Å². The zero-order valence-corrected chi connectivity index (χ0v) is 10.9. The van der Waals surface area contributed by atoms with E-state index in [1.54, 1.807) is 31.4 Å². The lowest BCUT2D eigenvalue weighted by Crippen LogP contribution is -2.41. The van der Waals surface area contributed by atoms with Crippen molar-refractivity contribution in [3.05, 3.63) is 35.9 Å². The second kappa shape index (κ2) is 8.23. The molecule has 0 heterocycles. The quantitative estimate of drug-likeness (QED) is 0.583. The number of carbonyl (C=O) groups excluding carboxylic acids is 2. The summed E-state index contributed by atoms with van der Waals surface area (Å²) in [4.78, 5) is 23.1. The minimum Gasteiger partial charge on any atom is -0.383 e. The third-order valence-electron chi connectivity index (χ3n) is 2.49. The molecular weight excluding hydrogens is 246 g/mol. The molecule has 0 spiro atoms. The van der Waals surface area contributed by atoms with E-state index in [2.05, 4.69) is 10.6 Å². The molecule has 0 saturated carbocycles. The second-order valence-corrected chi connectivity index (χ2v) is 3.95. The maximum atomic E-state index is 11.7. The Labute approximate surface area is 112 Å². The van der Waals surface area contributed by atoms with Crippen molar-refractivity contribution in [1.29, 1.82) is 0 Å². The topological polar surface area (TPSA) is 93.5 Å². The van der Waals surface area contributed by atoms with E-state index in [-0.39, 0.29) is 18.4 Å². The van der Waals surface area contributed by atoms with E-state index in [9.17, 15) is 9.59 Å². The number of amides is 2. The molecular formula is C13H19N3O3. The van der Waals surface area contributed by atoms with Crippen LogP contribution >= 0.6 is 0 Å². The Hall–Kier alpha value is -1.92. The van der Waals surface area contributed by atoms with Crippen LogP contribution in [-0.2, 0) is 14.3 Å². The lowest BCUT2D eigenvalue weighted by molar-refractivity contribution is -0.127. The lowest BCUT2D eigenvalue weighted by Gasteiger charge is -2.12. The summed E-state index contributed by atoms with van der Waals surface area (Å²) in [5, 5.41) is 5.09. The standard InChI is InChI=1S/C13H19N3O3/c1-19-8-7-15-11(17)9-16-13(18)12(14)10-5-3-2-4-6-10/h2-6,12H,7-9,14H2,1H3,(H,15,17)(H,16,18)/t12-/m1/s1. The highest BCUT2D eigenvalue weighted by atomic mass is 16.5. The molecule has 0 unspecified atom stereocenters. The molecule has 1 rings (SSSR count). The third kappa shape index (κ3) is 5.50. The summed E-state index contributed by atoms with van der Waals surface area (Å²) in [7, 11) is 1.55. The minimum atomic E-state index is -0.770. The van der Waals surface area contributed by atoms with E-state index in [4.69, 9.17) is 10.5 Å². The summed E-state index contributed by atoms with van der Waals surface area (Å²) >= 11 is 0. The molecule has 0 fully saturated rings. The molecule has 0 aliphatic carbocycles. The molecule has 1 aromatic rings. The zero-order valence-electron chi connectivity index (χ0n) is 10.9. The summed E-state index contributed by atoms with van der Waals surface area (Å²) < 4.78 is 4.79. The Morgan fingerprint density at radius 2 is 1.95 bits per heavy atom. The van der Waals surface area contributed by atoms with Crippen LogP contribution in [0.1, 0.15) is 11.6 Å². The third-order valence-corrected chi connectivity index (χ3v) is 2.49. The van der Waals surface area contributed by atoms with Crippen LogP contribution in [0.5, 0.6) is 0 Å². The van der Waals surface area contributed by atoms with E-state index in [1.165, 1.54) is 0 Å². The molecule has 0 aromatic heterocycles. The first-order chi connectivity index (χ1) is 9.15. The second-order valence-electron chi connectivity index (χ2n) is 3.95. The largest absolute Gasteiger partial charge is 0.383 e. The smallest absolute Gasteiger partial charge is 0.241 e. The van der Waals surface area contributed by atoms with Crippen LogP contribution in [0.3, 0.4) is 0 Å². The van der Waals surface area contributed by atoms with Crippen molar-refractivity contribution in [2.45, 2.75) is 6.04 Å². The minimum absolute atomic E-state index is 0.0942. The Bertz CT molecular complexity index is 409. The number of nitrogens with one attached hydrogen (secondary N) is 2. The maximum absolute atomic E-state index is 11.7. The van der Waals surface area contributed by atoms with Gasteiger partial charge in [-0.05, 0) is 5.56 Å². The van der Waals surface area contributed by atoms with Crippen LogP contribution in [0.15, 0.2) is 30.3 Å². The van der Waals surface area contributed by atoms with Crippen molar-refractivity contribution in [3.63, 3.8) is 0 Å². The molecule has 0 aliphatic heterocycles. The predicted molar refractivity (Wildman–Crippen MR) is 71.3 cm³/mol. The monoisotopic (exact) mass is 265 g/mol. The summed E-state index contributed by atoms with van der Waals surface area (Å²) in [6, 6.07) is 8.22. The molecule has 0 saturated heterocycles. The zero-order chi connectivity index (χ0) is 14.1. The van der Waals surface area contributed by atoms with E-state index >= 15 is 0 Å². The average molecular weight is 265 g/mol. The van der Waals surface area contributed by atoms with Gasteiger partial charge in [-0.15, -0.1) is 0 Å². The normalized spacial score (nSPS) is 11.7. The molecule has 1 aromatic carbocycles. The van der Waals surface area contributed by atoms with Gasteiger partial charge in [-0.25, -0.2) is 0 Å². The van der Waals surface area contributed by atoms with Gasteiger partial charge in [0, 0.05) is 13.7 Å². The van der Waals surface area contributed by atoms with Crippen molar-refractivity contribution in [2.24, 2.45) is 5.73 Å². The highest BCUT2D eigenvalue weighted by Gasteiger charge is 2.15. The summed E-state index contributed by atoms with van der Waals surface area (Å²) in [5.74, 6) is -0.654. The van der Waals surface area contributed by atoms with Crippen LogP contribution in [0.25, 0.3) is 0 Å². The highest BCUT2D eigenvalue weighted by Crippen LogP contribution is 2.08. The molecule has 6 heteroatoms. The Kier molecular flexibility index (Phi) is 6.56. The Morgan fingerprint density at radius 1 is 1.26 bits per heavy atom. The predicted octanol–water partition coefficient (Wildman–Crippen LogP) is -0.435. The van der Waals surface area contributed by atoms with Gasteiger partial charge in [0.1, 0.15) is 6.04 Å². The number of hydrogen-bond acceptors (Lipinski definition) is 4. The Balaban J connectivity index is 2.33. The van der Waals surface area contributed by atoms with Gasteiger partial charge in [0.2, 0.25) is 11.8 Å². The van der Waals surface area contributed by atoms with E-state index in [1.807, 2.05) is 6.07 Å². The molecule has 0 bridgehead atoms. The molecule has 2 amide bonds. The number of hydrogen-bond donors (Lipinski definition) is 3. The van der Waals surface area contributed by atoms with Gasteiger partial charge < -0.3 is 21.1 Å². The van der Waals surface area contributed by atoms with E-state index in [0.717, 1.165) is 0 Å². The number of nitrogens with two attached hydrogens (primary N) is 1. The van der Waals surface area contributed by atoms with Gasteiger partial charge in [-0.3, -0.25) is 9.59 Å². The molecule has 104 valence electrons. The molecule has 6 nitrogen and oxygen atoms in total. The van der Waals surface area contributed by atoms with Gasteiger partial charge in [0.05, 0.1) is 13.2 Å². The molecule has 4 N–H and O–H groups in total. The highest BCUT2D eigenvalue weighted by molar-refractivity contribution is 5.87. The number of rotatable bonds is 7. The first-order valence-corrected chi connectivity index (χ1v) is 5.99. The van der Waals surface area contributed by atoms with Crippen molar-refractivity contribution < 1.29 is 14.3 Å². The van der Waals surface area contributed by atoms with Gasteiger partial charge in [-0.1, -0.05) is 30.3 Å². The summed E-state index contributed by atoms with van der Waals surface area (Å²) in [6.07, 6.45) is 0. The molecule has 0 radical (unpaired) electrons. The van der Waals surface area contributed by atoms with Crippen molar-refractivity contribution in [1.82, 2.24) is 10.6 Å². The first-order valence-electron chi connectivity index (χ1n) is 5.99. The summed E-state index contributed by atoms with van der Waals surface area (Å²) in [5.41, 5.74) is 6.49. The number of methoxy groups -OCH3 is 1. The van der Waals surface area contributed by atoms with Crippen LogP contribution in [0, 0.1) is 0 Å². The van der Waals surface area contributed by atoms with Crippen molar-refractivity contribution in [3.8, 4) is 0 Å². The van der Waals surface area contributed by atoms with Crippen molar-refractivity contribution in [2.75, 3.05) is 26.8 Å². The number of ether oxygens (including phenoxy) is 1. The number of benzene rings is 1. The first kappa shape index (κ1) is 15.1. The van der Waals surface area contributed by atoms with Gasteiger partial charge in [-0.2, -0.15) is 0 Å². The number of carbonyl (C=O) groups is 2.